The number of aliphatic hydroxyl groups excluding tert-OH is 4. The molecule has 1 saturated carbocycles. The average Bonchev–Trinajstić information content (AvgIpc) is 3.13. The van der Waals surface area contributed by atoms with Crippen LogP contribution in [-0.4, -0.2) is 88.2 Å². The fraction of sp³-hybridized carbons (Fsp3) is 0.765. The Bertz CT molecular complexity index is 633. The molecule has 0 aromatic carbocycles. The number of aliphatic carboxylic acids is 1. The summed E-state index contributed by atoms with van der Waals surface area (Å²) in [5, 5.41) is 48.6. The third-order valence-corrected chi connectivity index (χ3v) is 5.63. The van der Waals surface area contributed by atoms with Crippen LogP contribution in [0.25, 0.3) is 0 Å². The predicted molar refractivity (Wildman–Crippen MR) is 87.2 cm³/mol. The highest BCUT2D eigenvalue weighted by Gasteiger charge is 2.53. The van der Waals surface area contributed by atoms with Crippen molar-refractivity contribution in [2.45, 2.75) is 49.8 Å². The molecule has 0 aromatic rings. The molecule has 0 spiro atoms. The van der Waals surface area contributed by atoms with Gasteiger partial charge in [-0.05, 0) is 12.8 Å². The Morgan fingerprint density at radius 2 is 1.86 bits per heavy atom. The van der Waals surface area contributed by atoms with E-state index in [0.717, 1.165) is 6.26 Å². The molecular formula is C17H24O11. The van der Waals surface area contributed by atoms with Gasteiger partial charge in [-0.15, -0.1) is 0 Å². The molecule has 1 saturated heterocycles. The van der Waals surface area contributed by atoms with Gasteiger partial charge in [0.05, 0.1) is 31.5 Å². The third kappa shape index (κ3) is 3.61. The van der Waals surface area contributed by atoms with Crippen LogP contribution in [0.3, 0.4) is 0 Å². The van der Waals surface area contributed by atoms with Crippen molar-refractivity contribution in [2.75, 3.05) is 13.7 Å². The molecule has 1 aliphatic carbocycles. The molecule has 2 aliphatic heterocycles. The first-order valence-electron chi connectivity index (χ1n) is 8.92. The molecule has 0 amide bonds. The van der Waals surface area contributed by atoms with E-state index >= 15 is 0 Å². The number of carboxylic acids is 1. The van der Waals surface area contributed by atoms with Crippen LogP contribution in [0.5, 0.6) is 0 Å². The molecule has 9 unspecified atom stereocenters. The Labute approximate surface area is 160 Å². The molecule has 3 rings (SSSR count). The maximum absolute atomic E-state index is 12.2. The zero-order valence-corrected chi connectivity index (χ0v) is 15.1. The zero-order valence-electron chi connectivity index (χ0n) is 15.1. The summed E-state index contributed by atoms with van der Waals surface area (Å²) in [6, 6.07) is 0. The summed E-state index contributed by atoms with van der Waals surface area (Å²) in [5.41, 5.74) is 0.00468. The second-order valence-corrected chi connectivity index (χ2v) is 7.11. The van der Waals surface area contributed by atoms with Crippen molar-refractivity contribution in [3.8, 4) is 0 Å². The van der Waals surface area contributed by atoms with E-state index in [1.165, 1.54) is 7.11 Å². The number of hydrogen-bond acceptors (Lipinski definition) is 10. The van der Waals surface area contributed by atoms with E-state index in [2.05, 4.69) is 0 Å². The summed E-state index contributed by atoms with van der Waals surface area (Å²) in [5.74, 6) is -3.65. The van der Waals surface area contributed by atoms with Crippen molar-refractivity contribution in [1.82, 2.24) is 0 Å². The van der Waals surface area contributed by atoms with Gasteiger partial charge < -0.3 is 44.5 Å². The largest absolute Gasteiger partial charge is 0.478 e. The Kier molecular flexibility index (Phi) is 6.22. The zero-order chi connectivity index (χ0) is 20.6. The maximum atomic E-state index is 12.2. The molecule has 3 aliphatic rings. The summed E-state index contributed by atoms with van der Waals surface area (Å²) in [4.78, 5) is 23.6. The summed E-state index contributed by atoms with van der Waals surface area (Å²) in [7, 11) is 1.22. The molecule has 0 radical (unpaired) electrons. The first kappa shape index (κ1) is 21.0. The van der Waals surface area contributed by atoms with Crippen LogP contribution in [0.2, 0.25) is 0 Å². The van der Waals surface area contributed by atoms with E-state index in [0.29, 0.717) is 12.8 Å². The predicted octanol–water partition coefficient (Wildman–Crippen LogP) is -2.06. The molecule has 28 heavy (non-hydrogen) atoms. The lowest BCUT2D eigenvalue weighted by Gasteiger charge is -2.43. The van der Waals surface area contributed by atoms with Gasteiger partial charge in [-0.1, -0.05) is 0 Å². The van der Waals surface area contributed by atoms with Crippen LogP contribution < -0.4 is 0 Å². The molecular weight excluding hydrogens is 380 g/mol. The standard InChI is InChI=1S/C17H24O11/c1-25-15(24)7-3-2-6-8(14(22)23)5-26-16(10(6)7)28-17-13(21)12(20)11(19)9(4-18)27-17/h5-7,9-13,16-21H,2-4H2,1H3,(H,22,23). The number of rotatable bonds is 5. The van der Waals surface area contributed by atoms with Gasteiger partial charge in [0.1, 0.15) is 24.4 Å². The number of carbonyl (C=O) groups is 2. The fourth-order valence-corrected chi connectivity index (χ4v) is 4.16. The van der Waals surface area contributed by atoms with Crippen LogP contribution >= 0.6 is 0 Å². The normalized spacial score (nSPS) is 42.9. The van der Waals surface area contributed by atoms with Crippen molar-refractivity contribution < 1.29 is 54.1 Å². The molecule has 9 atom stereocenters. The van der Waals surface area contributed by atoms with Crippen molar-refractivity contribution >= 4 is 11.9 Å². The van der Waals surface area contributed by atoms with Gasteiger partial charge in [-0.2, -0.15) is 0 Å². The molecule has 0 bridgehead atoms. The van der Waals surface area contributed by atoms with E-state index < -0.39 is 73.3 Å². The SMILES string of the molecule is COC(=O)C1CCC2C(C(=O)O)=COC(OC3OC(CO)C(O)C(O)C3O)C12. The summed E-state index contributed by atoms with van der Waals surface area (Å²) < 4.78 is 21.2. The summed E-state index contributed by atoms with van der Waals surface area (Å²) >= 11 is 0. The monoisotopic (exact) mass is 404 g/mol. The highest BCUT2D eigenvalue weighted by atomic mass is 16.8. The van der Waals surface area contributed by atoms with Crippen molar-refractivity contribution in [3.63, 3.8) is 0 Å². The number of carboxylic acid groups (broad SMARTS) is 1. The molecule has 5 N–H and O–H groups in total. The molecule has 2 heterocycles. The number of aliphatic hydroxyl groups is 4. The van der Waals surface area contributed by atoms with Gasteiger partial charge in [0.25, 0.3) is 0 Å². The Morgan fingerprint density at radius 3 is 2.46 bits per heavy atom. The van der Waals surface area contributed by atoms with Crippen LogP contribution in [0, 0.1) is 17.8 Å². The van der Waals surface area contributed by atoms with E-state index in [1.807, 2.05) is 0 Å². The van der Waals surface area contributed by atoms with Crippen molar-refractivity contribution in [3.05, 3.63) is 11.8 Å². The second-order valence-electron chi connectivity index (χ2n) is 7.11. The van der Waals surface area contributed by atoms with Gasteiger partial charge >= 0.3 is 11.9 Å². The minimum atomic E-state index is -1.65. The Morgan fingerprint density at radius 1 is 1.14 bits per heavy atom. The van der Waals surface area contributed by atoms with E-state index in [-0.39, 0.29) is 5.57 Å². The molecule has 11 heteroatoms. The minimum absolute atomic E-state index is 0.00468. The number of hydrogen-bond donors (Lipinski definition) is 5. The Hall–Kier alpha value is -1.76. The first-order valence-corrected chi connectivity index (χ1v) is 8.92. The summed E-state index contributed by atoms with van der Waals surface area (Å²) in [6.07, 6.45) is -6.84. The summed E-state index contributed by atoms with van der Waals surface area (Å²) in [6.45, 7) is -0.629. The highest BCUT2D eigenvalue weighted by molar-refractivity contribution is 5.87. The minimum Gasteiger partial charge on any atom is -0.478 e. The third-order valence-electron chi connectivity index (χ3n) is 5.63. The van der Waals surface area contributed by atoms with E-state index in [1.54, 1.807) is 0 Å². The van der Waals surface area contributed by atoms with Gasteiger partial charge in [0.15, 0.2) is 6.29 Å². The fourth-order valence-electron chi connectivity index (χ4n) is 4.16. The molecule has 0 aromatic heterocycles. The average molecular weight is 404 g/mol. The smallest absolute Gasteiger partial charge is 0.334 e. The van der Waals surface area contributed by atoms with E-state index in [9.17, 15) is 35.1 Å². The van der Waals surface area contributed by atoms with Gasteiger partial charge in [-0.3, -0.25) is 4.79 Å². The number of methoxy groups -OCH3 is 1. The highest BCUT2D eigenvalue weighted by Crippen LogP contribution is 2.47. The lowest BCUT2D eigenvalue weighted by Crippen LogP contribution is -2.60. The lowest BCUT2D eigenvalue weighted by molar-refractivity contribution is -0.342. The Balaban J connectivity index is 1.83. The number of fused-ring (bicyclic) bond motifs is 1. The quantitative estimate of drug-likeness (QED) is 0.319. The van der Waals surface area contributed by atoms with Crippen molar-refractivity contribution in [1.29, 1.82) is 0 Å². The van der Waals surface area contributed by atoms with Gasteiger partial charge in [0.2, 0.25) is 6.29 Å². The van der Waals surface area contributed by atoms with E-state index in [4.69, 9.17) is 18.9 Å². The van der Waals surface area contributed by atoms with Crippen LogP contribution in [0.15, 0.2) is 11.8 Å². The maximum Gasteiger partial charge on any atom is 0.334 e. The number of esters is 1. The van der Waals surface area contributed by atoms with Gasteiger partial charge in [0, 0.05) is 11.8 Å². The van der Waals surface area contributed by atoms with Crippen LogP contribution in [0.1, 0.15) is 12.8 Å². The molecule has 158 valence electrons. The van der Waals surface area contributed by atoms with Gasteiger partial charge in [-0.25, -0.2) is 4.79 Å². The van der Waals surface area contributed by atoms with Crippen molar-refractivity contribution in [2.24, 2.45) is 17.8 Å². The molecule has 2 fully saturated rings. The van der Waals surface area contributed by atoms with Crippen LogP contribution in [-0.2, 0) is 28.5 Å². The topological polar surface area (TPSA) is 172 Å². The number of ether oxygens (including phenoxy) is 4. The molecule has 11 nitrogen and oxygen atoms in total. The second kappa shape index (κ2) is 8.31. The lowest BCUT2D eigenvalue weighted by atomic mass is 9.83. The first-order chi connectivity index (χ1) is 13.3. The van der Waals surface area contributed by atoms with Crippen LogP contribution in [0.4, 0.5) is 0 Å². The number of carbonyl (C=O) groups excluding carboxylic acids is 1.